The molecule has 0 saturated heterocycles. The molecule has 1 atom stereocenters. The first-order valence-electron chi connectivity index (χ1n) is 4.09. The van der Waals surface area contributed by atoms with E-state index in [1.54, 1.807) is 0 Å². The normalized spacial score (nSPS) is 12.6. The maximum atomic E-state index is 11.5. The predicted molar refractivity (Wildman–Crippen MR) is 44.7 cm³/mol. The van der Waals surface area contributed by atoms with Crippen LogP contribution in [-0.2, 0) is 9.53 Å². The number of nitrogens with one attached hydrogen (secondary N) is 1. The van der Waals surface area contributed by atoms with Gasteiger partial charge in [0.25, 0.3) is 0 Å². The minimum absolute atomic E-state index is 0.118. The van der Waals surface area contributed by atoms with Crippen LogP contribution in [0.2, 0.25) is 0 Å². The molecule has 0 aromatic heterocycles. The number of ether oxygens (including phenoxy) is 1. The number of rotatable bonds is 6. The van der Waals surface area contributed by atoms with Crippen LogP contribution in [0.25, 0.3) is 0 Å². The van der Waals surface area contributed by atoms with Gasteiger partial charge in [0.2, 0.25) is 0 Å². The van der Waals surface area contributed by atoms with Crippen molar-refractivity contribution in [1.29, 1.82) is 0 Å². The van der Waals surface area contributed by atoms with Crippen molar-refractivity contribution in [1.82, 2.24) is 5.32 Å². The number of alkyl halides is 1. The first-order chi connectivity index (χ1) is 5.70. The van der Waals surface area contributed by atoms with E-state index in [4.69, 9.17) is 0 Å². The van der Waals surface area contributed by atoms with Crippen LogP contribution < -0.4 is 5.32 Å². The smallest absolute Gasteiger partial charge is 0.305 e. The van der Waals surface area contributed by atoms with Gasteiger partial charge >= 0.3 is 5.97 Å². The summed E-state index contributed by atoms with van der Waals surface area (Å²) in [6.07, 6.45) is 1.07. The number of hydrogen-bond donors (Lipinski definition) is 1. The summed E-state index contributed by atoms with van der Waals surface area (Å²) in [5.74, 6) is -0.324. The molecule has 12 heavy (non-hydrogen) atoms. The Balaban J connectivity index is 3.31. The Hall–Kier alpha value is -0.640. The largest absolute Gasteiger partial charge is 0.463 e. The highest BCUT2D eigenvalue weighted by molar-refractivity contribution is 5.69. The van der Waals surface area contributed by atoms with E-state index < -0.39 is 6.67 Å². The van der Waals surface area contributed by atoms with Crippen molar-refractivity contribution >= 4 is 5.97 Å². The van der Waals surface area contributed by atoms with Gasteiger partial charge in [-0.3, -0.25) is 4.79 Å². The molecule has 0 radical (unpaired) electrons. The Kier molecular flexibility index (Phi) is 6.66. The highest BCUT2D eigenvalue weighted by Crippen LogP contribution is 1.97. The number of carbonyl (C=O) groups is 1. The second-order valence-corrected chi connectivity index (χ2v) is 2.64. The zero-order valence-electron chi connectivity index (χ0n) is 7.60. The summed E-state index contributed by atoms with van der Waals surface area (Å²) in [6.45, 7) is 1.25. The molecule has 1 unspecified atom stereocenters. The molecule has 0 fully saturated rings. The number of carbonyl (C=O) groups excluding carboxylic acids is 1. The van der Waals surface area contributed by atoms with E-state index in [-0.39, 0.29) is 12.6 Å². The molecule has 1 N–H and O–H groups in total. The maximum Gasteiger partial charge on any atom is 0.305 e. The fraction of sp³-hybridized carbons (Fsp3) is 0.875. The van der Waals surface area contributed by atoms with E-state index in [0.717, 1.165) is 6.42 Å². The highest BCUT2D eigenvalue weighted by Gasteiger charge is 2.05. The van der Waals surface area contributed by atoms with Crippen LogP contribution >= 0.6 is 0 Å². The Morgan fingerprint density at radius 2 is 2.33 bits per heavy atom. The summed E-state index contributed by atoms with van der Waals surface area (Å²) in [5, 5.41) is 2.99. The van der Waals surface area contributed by atoms with Gasteiger partial charge in [0, 0.05) is 12.5 Å². The Labute approximate surface area is 72.3 Å². The molecule has 0 heterocycles. The van der Waals surface area contributed by atoms with Gasteiger partial charge in [0.05, 0.1) is 0 Å². The van der Waals surface area contributed by atoms with Crippen LogP contribution in [0.5, 0.6) is 0 Å². The molecule has 0 aliphatic rings. The van der Waals surface area contributed by atoms with Gasteiger partial charge in [-0.25, -0.2) is 4.39 Å². The van der Waals surface area contributed by atoms with Gasteiger partial charge in [-0.1, -0.05) is 0 Å². The van der Waals surface area contributed by atoms with Gasteiger partial charge in [-0.15, -0.1) is 0 Å². The molecular weight excluding hydrogens is 161 g/mol. The molecule has 0 aliphatic heterocycles. The maximum absolute atomic E-state index is 11.5. The summed E-state index contributed by atoms with van der Waals surface area (Å²) in [6, 6.07) is 0.294. The Morgan fingerprint density at radius 1 is 1.67 bits per heavy atom. The van der Waals surface area contributed by atoms with Crippen molar-refractivity contribution in [3.63, 3.8) is 0 Å². The van der Waals surface area contributed by atoms with Crippen LogP contribution in [0.4, 0.5) is 4.39 Å². The summed E-state index contributed by atoms with van der Waals surface area (Å²) in [7, 11) is 1.83. The lowest BCUT2D eigenvalue weighted by molar-refractivity contribution is -0.144. The van der Waals surface area contributed by atoms with E-state index in [0.29, 0.717) is 12.5 Å². The lowest BCUT2D eigenvalue weighted by Gasteiger charge is -2.08. The van der Waals surface area contributed by atoms with Crippen molar-refractivity contribution < 1.29 is 13.9 Å². The van der Waals surface area contributed by atoms with Crippen LogP contribution in [0.3, 0.4) is 0 Å². The first-order valence-corrected chi connectivity index (χ1v) is 4.09. The first kappa shape index (κ1) is 11.4. The predicted octanol–water partition coefficient (Wildman–Crippen LogP) is 0.887. The van der Waals surface area contributed by atoms with Crippen LogP contribution in [0.15, 0.2) is 0 Å². The second-order valence-electron chi connectivity index (χ2n) is 2.64. The number of halogens is 1. The third kappa shape index (κ3) is 6.09. The monoisotopic (exact) mass is 177 g/mol. The molecule has 3 nitrogen and oxygen atoms in total. The molecule has 0 amide bonds. The summed E-state index contributed by atoms with van der Waals surface area (Å²) < 4.78 is 16.1. The Morgan fingerprint density at radius 3 is 2.83 bits per heavy atom. The van der Waals surface area contributed by atoms with Crippen molar-refractivity contribution in [2.45, 2.75) is 25.8 Å². The molecule has 4 heteroatoms. The lowest BCUT2D eigenvalue weighted by atomic mass is 10.2. The topological polar surface area (TPSA) is 38.3 Å². The quantitative estimate of drug-likeness (QED) is 0.612. The third-order valence-corrected chi connectivity index (χ3v) is 1.61. The second kappa shape index (κ2) is 7.03. The molecule has 0 rings (SSSR count). The van der Waals surface area contributed by atoms with Gasteiger partial charge < -0.3 is 10.1 Å². The van der Waals surface area contributed by atoms with E-state index in [1.165, 1.54) is 0 Å². The summed E-state index contributed by atoms with van der Waals surface area (Å²) in [4.78, 5) is 10.8. The molecule has 0 aromatic carbocycles. The lowest BCUT2D eigenvalue weighted by Crippen LogP contribution is -2.22. The van der Waals surface area contributed by atoms with E-state index in [2.05, 4.69) is 10.1 Å². The average Bonchev–Trinajstić information content (AvgIpc) is 2.10. The van der Waals surface area contributed by atoms with Gasteiger partial charge in [0.15, 0.2) is 0 Å². The minimum atomic E-state index is -0.604. The SMILES string of the molecule is CNC(C)CCC(=O)OCCF. The van der Waals surface area contributed by atoms with Crippen LogP contribution in [-0.4, -0.2) is 32.3 Å². The molecule has 72 valence electrons. The van der Waals surface area contributed by atoms with Crippen molar-refractivity contribution in [2.75, 3.05) is 20.3 Å². The summed E-state index contributed by atoms with van der Waals surface area (Å²) >= 11 is 0. The van der Waals surface area contributed by atoms with Crippen molar-refractivity contribution in [2.24, 2.45) is 0 Å². The van der Waals surface area contributed by atoms with Gasteiger partial charge in [-0.05, 0) is 20.4 Å². The van der Waals surface area contributed by atoms with E-state index >= 15 is 0 Å². The van der Waals surface area contributed by atoms with Crippen molar-refractivity contribution in [3.8, 4) is 0 Å². The molecular formula is C8H16FNO2. The molecule has 0 saturated carbocycles. The molecule has 0 spiro atoms. The fourth-order valence-corrected chi connectivity index (χ4v) is 0.703. The number of hydrogen-bond acceptors (Lipinski definition) is 3. The molecule has 0 bridgehead atoms. The standard InChI is InChI=1S/C8H16FNO2/c1-7(10-2)3-4-8(11)12-6-5-9/h7,10H,3-6H2,1-2H3. The Bertz CT molecular complexity index is 130. The van der Waals surface area contributed by atoms with Crippen LogP contribution in [0.1, 0.15) is 19.8 Å². The van der Waals surface area contributed by atoms with Gasteiger partial charge in [0.1, 0.15) is 13.3 Å². The zero-order valence-corrected chi connectivity index (χ0v) is 7.60. The number of esters is 1. The van der Waals surface area contributed by atoms with Crippen LogP contribution in [0, 0.1) is 0 Å². The molecule has 0 aliphatic carbocycles. The van der Waals surface area contributed by atoms with Gasteiger partial charge in [-0.2, -0.15) is 0 Å². The average molecular weight is 177 g/mol. The summed E-state index contributed by atoms with van der Waals surface area (Å²) in [5.41, 5.74) is 0. The third-order valence-electron chi connectivity index (χ3n) is 1.61. The van der Waals surface area contributed by atoms with E-state index in [1.807, 2.05) is 14.0 Å². The zero-order chi connectivity index (χ0) is 9.40. The van der Waals surface area contributed by atoms with E-state index in [9.17, 15) is 9.18 Å². The highest BCUT2D eigenvalue weighted by atomic mass is 19.1. The fourth-order valence-electron chi connectivity index (χ4n) is 0.703. The minimum Gasteiger partial charge on any atom is -0.463 e. The van der Waals surface area contributed by atoms with Crippen molar-refractivity contribution in [3.05, 3.63) is 0 Å². The molecule has 0 aromatic rings.